The number of nitrogens with zero attached hydrogens (tertiary/aromatic N) is 1. The Morgan fingerprint density at radius 2 is 1.83 bits per heavy atom. The van der Waals surface area contributed by atoms with Crippen molar-refractivity contribution in [2.75, 3.05) is 23.8 Å². The summed E-state index contributed by atoms with van der Waals surface area (Å²) in [7, 11) is 0. The molecule has 0 spiro atoms. The summed E-state index contributed by atoms with van der Waals surface area (Å²) in [6.07, 6.45) is 3.66. The predicted molar refractivity (Wildman–Crippen MR) is 86.3 cm³/mol. The first-order valence-corrected chi connectivity index (χ1v) is 7.71. The molecule has 6 nitrogen and oxygen atoms in total. The number of hydrogen-bond acceptors (Lipinski definition) is 5. The summed E-state index contributed by atoms with van der Waals surface area (Å²) < 4.78 is 11.1. The third-order valence-corrected chi connectivity index (χ3v) is 3.79. The van der Waals surface area contributed by atoms with E-state index in [1.165, 1.54) is 0 Å². The molecule has 0 unspecified atom stereocenters. The zero-order valence-corrected chi connectivity index (χ0v) is 12.5. The van der Waals surface area contributed by atoms with Crippen LogP contribution in [0.2, 0.25) is 0 Å². The van der Waals surface area contributed by atoms with Gasteiger partial charge in [0.15, 0.2) is 11.5 Å². The Morgan fingerprint density at radius 1 is 1.04 bits per heavy atom. The first-order valence-electron chi connectivity index (χ1n) is 7.71. The van der Waals surface area contributed by atoms with E-state index in [0.29, 0.717) is 19.0 Å². The van der Waals surface area contributed by atoms with Crippen molar-refractivity contribution in [3.05, 3.63) is 36.5 Å². The van der Waals surface area contributed by atoms with Crippen molar-refractivity contribution in [3.63, 3.8) is 0 Å². The highest BCUT2D eigenvalue weighted by Gasteiger charge is 2.29. The molecule has 2 heterocycles. The van der Waals surface area contributed by atoms with Crippen LogP contribution in [0.15, 0.2) is 36.5 Å². The van der Waals surface area contributed by atoms with Gasteiger partial charge in [0, 0.05) is 17.7 Å². The number of amides is 1. The van der Waals surface area contributed by atoms with Crippen molar-refractivity contribution in [1.82, 2.24) is 4.98 Å². The SMILES string of the molecule is O=C(Nc1ccc(Nc2ccc3c(c2)OCCO3)cn1)C1CC1. The van der Waals surface area contributed by atoms with Gasteiger partial charge in [0.25, 0.3) is 0 Å². The molecule has 118 valence electrons. The maximum absolute atomic E-state index is 11.7. The molecular weight excluding hydrogens is 294 g/mol. The smallest absolute Gasteiger partial charge is 0.228 e. The number of benzene rings is 1. The molecule has 2 N–H and O–H groups in total. The van der Waals surface area contributed by atoms with Gasteiger partial charge >= 0.3 is 0 Å². The Kier molecular flexibility index (Phi) is 3.49. The number of nitrogens with one attached hydrogen (secondary N) is 2. The molecule has 23 heavy (non-hydrogen) atoms. The molecule has 0 saturated heterocycles. The quantitative estimate of drug-likeness (QED) is 0.908. The number of hydrogen-bond donors (Lipinski definition) is 2. The third kappa shape index (κ3) is 3.21. The van der Waals surface area contributed by atoms with Crippen LogP contribution in [0.1, 0.15) is 12.8 Å². The average Bonchev–Trinajstić information content (AvgIpc) is 3.42. The van der Waals surface area contributed by atoms with E-state index in [9.17, 15) is 4.79 Å². The van der Waals surface area contributed by atoms with E-state index in [1.54, 1.807) is 12.3 Å². The number of rotatable bonds is 4. The molecule has 1 aromatic carbocycles. The topological polar surface area (TPSA) is 72.5 Å². The first kappa shape index (κ1) is 13.9. The number of pyridine rings is 1. The fourth-order valence-electron chi connectivity index (χ4n) is 2.40. The van der Waals surface area contributed by atoms with Crippen LogP contribution in [-0.4, -0.2) is 24.1 Å². The summed E-state index contributed by atoms with van der Waals surface area (Å²) in [6, 6.07) is 9.38. The molecule has 2 aliphatic rings. The van der Waals surface area contributed by atoms with Crippen molar-refractivity contribution in [2.24, 2.45) is 5.92 Å². The molecule has 1 aliphatic carbocycles. The van der Waals surface area contributed by atoms with Gasteiger partial charge in [-0.05, 0) is 37.1 Å². The molecule has 0 radical (unpaired) electrons. The van der Waals surface area contributed by atoms with Gasteiger partial charge in [-0.15, -0.1) is 0 Å². The molecule has 6 heteroatoms. The van der Waals surface area contributed by atoms with Gasteiger partial charge in [-0.3, -0.25) is 4.79 Å². The molecule has 0 atom stereocenters. The van der Waals surface area contributed by atoms with Gasteiger partial charge in [-0.2, -0.15) is 0 Å². The van der Waals surface area contributed by atoms with Crippen molar-refractivity contribution < 1.29 is 14.3 Å². The molecule has 1 fully saturated rings. The first-order chi connectivity index (χ1) is 11.3. The Labute approximate surface area is 133 Å². The van der Waals surface area contributed by atoms with Gasteiger partial charge in [0.1, 0.15) is 19.0 Å². The lowest BCUT2D eigenvalue weighted by Crippen LogP contribution is -2.15. The zero-order chi connectivity index (χ0) is 15.6. The molecule has 4 rings (SSSR count). The minimum atomic E-state index is 0.0602. The van der Waals surface area contributed by atoms with E-state index < -0.39 is 0 Å². The standard InChI is InChI=1S/C17H17N3O3/c21-17(11-1-2-11)20-16-6-4-13(10-18-16)19-12-3-5-14-15(9-12)23-8-7-22-14/h3-6,9-11,19H,1-2,7-8H2,(H,18,20,21). The van der Waals surface area contributed by atoms with Crippen LogP contribution in [0, 0.1) is 5.92 Å². The highest BCUT2D eigenvalue weighted by Crippen LogP contribution is 2.33. The monoisotopic (exact) mass is 311 g/mol. The molecule has 0 bridgehead atoms. The minimum absolute atomic E-state index is 0.0602. The lowest BCUT2D eigenvalue weighted by atomic mass is 10.2. The van der Waals surface area contributed by atoms with Crippen LogP contribution in [0.5, 0.6) is 11.5 Å². The fourth-order valence-corrected chi connectivity index (χ4v) is 2.40. The van der Waals surface area contributed by atoms with Crippen molar-refractivity contribution in [2.45, 2.75) is 12.8 Å². The summed E-state index contributed by atoms with van der Waals surface area (Å²) in [5.74, 6) is 2.31. The predicted octanol–water partition coefficient (Wildman–Crippen LogP) is 2.94. The maximum Gasteiger partial charge on any atom is 0.228 e. The second-order valence-electron chi connectivity index (χ2n) is 5.68. The highest BCUT2D eigenvalue weighted by molar-refractivity contribution is 5.93. The van der Waals surface area contributed by atoms with Crippen LogP contribution in [0.25, 0.3) is 0 Å². The van der Waals surface area contributed by atoms with E-state index in [2.05, 4.69) is 15.6 Å². The summed E-state index contributed by atoms with van der Waals surface area (Å²) in [5, 5.41) is 6.08. The molecule has 1 saturated carbocycles. The van der Waals surface area contributed by atoms with Crippen molar-refractivity contribution in [1.29, 1.82) is 0 Å². The third-order valence-electron chi connectivity index (χ3n) is 3.79. The lowest BCUT2D eigenvalue weighted by molar-refractivity contribution is -0.117. The minimum Gasteiger partial charge on any atom is -0.486 e. The number of anilines is 3. The number of carbonyl (C=O) groups is 1. The fraction of sp³-hybridized carbons (Fsp3) is 0.294. The van der Waals surface area contributed by atoms with E-state index in [-0.39, 0.29) is 11.8 Å². The van der Waals surface area contributed by atoms with Gasteiger partial charge in [-0.1, -0.05) is 0 Å². The maximum atomic E-state index is 11.7. The van der Waals surface area contributed by atoms with E-state index in [4.69, 9.17) is 9.47 Å². The largest absolute Gasteiger partial charge is 0.486 e. The number of fused-ring (bicyclic) bond motifs is 1. The Balaban J connectivity index is 1.43. The molecule has 1 aromatic heterocycles. The summed E-state index contributed by atoms with van der Waals surface area (Å²) in [6.45, 7) is 1.14. The van der Waals surface area contributed by atoms with Crippen molar-refractivity contribution in [3.8, 4) is 11.5 Å². The summed E-state index contributed by atoms with van der Waals surface area (Å²) >= 11 is 0. The van der Waals surface area contributed by atoms with E-state index in [1.807, 2.05) is 24.3 Å². The van der Waals surface area contributed by atoms with Gasteiger partial charge in [-0.25, -0.2) is 4.98 Å². The van der Waals surface area contributed by atoms with E-state index in [0.717, 1.165) is 35.7 Å². The van der Waals surface area contributed by atoms with Crippen LogP contribution in [0.3, 0.4) is 0 Å². The summed E-state index contributed by atoms with van der Waals surface area (Å²) in [5.41, 5.74) is 1.73. The van der Waals surface area contributed by atoms with Crippen LogP contribution < -0.4 is 20.1 Å². The Morgan fingerprint density at radius 3 is 2.57 bits per heavy atom. The number of carbonyl (C=O) groups excluding carboxylic acids is 1. The lowest BCUT2D eigenvalue weighted by Gasteiger charge is -2.19. The Hall–Kier alpha value is -2.76. The Bertz CT molecular complexity index is 726. The molecular formula is C17H17N3O3. The average molecular weight is 311 g/mol. The van der Waals surface area contributed by atoms with Gasteiger partial charge < -0.3 is 20.1 Å². The van der Waals surface area contributed by atoms with Crippen molar-refractivity contribution >= 4 is 23.1 Å². The summed E-state index contributed by atoms with van der Waals surface area (Å²) in [4.78, 5) is 16.0. The van der Waals surface area contributed by atoms with E-state index >= 15 is 0 Å². The zero-order valence-electron chi connectivity index (χ0n) is 12.5. The second-order valence-corrected chi connectivity index (χ2v) is 5.68. The van der Waals surface area contributed by atoms with Crippen LogP contribution >= 0.6 is 0 Å². The second kappa shape index (κ2) is 5.79. The number of ether oxygens (including phenoxy) is 2. The highest BCUT2D eigenvalue weighted by atomic mass is 16.6. The van der Waals surface area contributed by atoms with Gasteiger partial charge in [0.05, 0.1) is 11.9 Å². The molecule has 1 amide bonds. The number of aromatic nitrogens is 1. The molecule has 2 aromatic rings. The molecule has 1 aliphatic heterocycles. The van der Waals surface area contributed by atoms with Crippen LogP contribution in [-0.2, 0) is 4.79 Å². The normalized spacial score (nSPS) is 15.8. The van der Waals surface area contributed by atoms with Crippen LogP contribution in [0.4, 0.5) is 17.2 Å². The van der Waals surface area contributed by atoms with Gasteiger partial charge in [0.2, 0.25) is 5.91 Å².